The lowest BCUT2D eigenvalue weighted by molar-refractivity contribution is 0.0505. The minimum Gasteiger partial charge on any atom is -0.508 e. The number of carbonyl (C=O) groups excluding carboxylic acids is 1. The summed E-state index contributed by atoms with van der Waals surface area (Å²) in [6.45, 7) is 2.07. The van der Waals surface area contributed by atoms with Crippen LogP contribution in [-0.2, 0) is 22.6 Å². The summed E-state index contributed by atoms with van der Waals surface area (Å²) in [6, 6.07) is 14.6. The van der Waals surface area contributed by atoms with Crippen molar-refractivity contribution in [2.24, 2.45) is 0 Å². The van der Waals surface area contributed by atoms with Crippen LogP contribution in [0.2, 0.25) is 0 Å². The molecule has 0 saturated carbocycles. The molecular formula is C21H25NO4. The van der Waals surface area contributed by atoms with E-state index in [1.165, 1.54) is 0 Å². The van der Waals surface area contributed by atoms with E-state index < -0.39 is 0 Å². The van der Waals surface area contributed by atoms with E-state index in [-0.39, 0.29) is 17.8 Å². The number of phenols is 1. The van der Waals surface area contributed by atoms with Crippen molar-refractivity contribution in [1.29, 1.82) is 0 Å². The zero-order chi connectivity index (χ0) is 18.4. The number of aromatic hydroxyl groups is 1. The molecule has 5 nitrogen and oxygen atoms in total. The molecule has 3 rings (SSSR count). The largest absolute Gasteiger partial charge is 0.508 e. The zero-order valence-electron chi connectivity index (χ0n) is 15.1. The van der Waals surface area contributed by atoms with Crippen molar-refractivity contribution in [3.63, 3.8) is 0 Å². The molecule has 1 aliphatic heterocycles. The van der Waals surface area contributed by atoms with Crippen LogP contribution in [0.5, 0.6) is 5.75 Å². The molecule has 5 heteroatoms. The van der Waals surface area contributed by atoms with Crippen LogP contribution >= 0.6 is 0 Å². The number of phenolic OH excluding ortho intramolecular Hbond substituents is 1. The molecule has 0 radical (unpaired) electrons. The molecule has 0 aromatic heterocycles. The lowest BCUT2D eigenvalue weighted by Crippen LogP contribution is -2.37. The Morgan fingerprint density at radius 1 is 1.27 bits per heavy atom. The first-order chi connectivity index (χ1) is 12.7. The molecule has 138 valence electrons. The number of carbonyl (C=O) groups is 1. The summed E-state index contributed by atoms with van der Waals surface area (Å²) in [5.41, 5.74) is 2.30. The van der Waals surface area contributed by atoms with Crippen molar-refractivity contribution in [1.82, 2.24) is 4.90 Å². The number of ether oxygens (including phenoxy) is 2. The third-order valence-electron chi connectivity index (χ3n) is 4.57. The number of para-hydroxylation sites is 1. The molecular weight excluding hydrogens is 330 g/mol. The number of hydrogen-bond acceptors (Lipinski definition) is 4. The summed E-state index contributed by atoms with van der Waals surface area (Å²) in [5.74, 6) is 0.132. The van der Waals surface area contributed by atoms with Crippen LogP contribution in [0.4, 0.5) is 0 Å². The number of benzene rings is 2. The first kappa shape index (κ1) is 18.4. The van der Waals surface area contributed by atoms with Gasteiger partial charge in [-0.05, 0) is 36.6 Å². The summed E-state index contributed by atoms with van der Waals surface area (Å²) < 4.78 is 10.9. The lowest BCUT2D eigenvalue weighted by atomic mass is 10.1. The molecule has 2 aromatic carbocycles. The molecule has 0 aliphatic carbocycles. The number of hydrogen-bond donors (Lipinski definition) is 1. The van der Waals surface area contributed by atoms with Gasteiger partial charge in [0.2, 0.25) is 0 Å². The van der Waals surface area contributed by atoms with Gasteiger partial charge in [0.05, 0.1) is 12.7 Å². The monoisotopic (exact) mass is 355 g/mol. The molecule has 1 N–H and O–H groups in total. The third-order valence-corrected chi connectivity index (χ3v) is 4.57. The van der Waals surface area contributed by atoms with Crippen LogP contribution in [0, 0.1) is 0 Å². The topological polar surface area (TPSA) is 59.0 Å². The van der Waals surface area contributed by atoms with E-state index in [9.17, 15) is 9.90 Å². The SMILES string of the molecule is COCc1cccc(C(=O)N(Cc2ccccc2O)CC2CCCO2)c1. The normalized spacial score (nSPS) is 16.6. The zero-order valence-corrected chi connectivity index (χ0v) is 15.1. The Labute approximate surface area is 154 Å². The molecule has 1 atom stereocenters. The minimum absolute atomic E-state index is 0.0481. The predicted octanol–water partition coefficient (Wildman–Crippen LogP) is 3.36. The molecule has 1 saturated heterocycles. The average molecular weight is 355 g/mol. The number of nitrogens with zero attached hydrogens (tertiary/aromatic N) is 1. The maximum atomic E-state index is 13.2. The second kappa shape index (κ2) is 8.83. The van der Waals surface area contributed by atoms with E-state index in [1.807, 2.05) is 36.4 Å². The second-order valence-corrected chi connectivity index (χ2v) is 6.58. The van der Waals surface area contributed by atoms with Gasteiger partial charge < -0.3 is 19.5 Å². The lowest BCUT2D eigenvalue weighted by Gasteiger charge is -2.26. The van der Waals surface area contributed by atoms with Crippen LogP contribution in [0.25, 0.3) is 0 Å². The second-order valence-electron chi connectivity index (χ2n) is 6.58. The molecule has 26 heavy (non-hydrogen) atoms. The summed E-state index contributed by atoms with van der Waals surface area (Å²) in [5, 5.41) is 10.1. The Hall–Kier alpha value is -2.37. The molecule has 0 bridgehead atoms. The fourth-order valence-corrected chi connectivity index (χ4v) is 3.25. The fraction of sp³-hybridized carbons (Fsp3) is 0.381. The standard InChI is InChI=1S/C21H25NO4/c1-25-15-16-6-4-8-17(12-16)21(24)22(14-19-9-5-11-26-19)13-18-7-2-3-10-20(18)23/h2-4,6-8,10,12,19,23H,5,9,11,13-15H2,1H3. The third kappa shape index (κ3) is 4.62. The van der Waals surface area contributed by atoms with Gasteiger partial charge in [-0.25, -0.2) is 0 Å². The maximum absolute atomic E-state index is 13.2. The Morgan fingerprint density at radius 3 is 2.85 bits per heavy atom. The number of rotatable bonds is 7. The quantitative estimate of drug-likeness (QED) is 0.827. The molecule has 1 unspecified atom stereocenters. The number of methoxy groups -OCH3 is 1. The highest BCUT2D eigenvalue weighted by atomic mass is 16.5. The first-order valence-electron chi connectivity index (χ1n) is 8.93. The van der Waals surface area contributed by atoms with E-state index in [2.05, 4.69) is 0 Å². The Kier molecular flexibility index (Phi) is 6.26. The van der Waals surface area contributed by atoms with Crippen LogP contribution in [0.1, 0.15) is 34.3 Å². The van der Waals surface area contributed by atoms with Gasteiger partial charge >= 0.3 is 0 Å². The van der Waals surface area contributed by atoms with Gasteiger partial charge in [-0.3, -0.25) is 4.79 Å². The Morgan fingerprint density at radius 2 is 2.12 bits per heavy atom. The predicted molar refractivity (Wildman–Crippen MR) is 99.0 cm³/mol. The summed E-state index contributed by atoms with van der Waals surface area (Å²) in [6.07, 6.45) is 2.02. The van der Waals surface area contributed by atoms with Gasteiger partial charge in [0.1, 0.15) is 5.75 Å². The summed E-state index contributed by atoms with van der Waals surface area (Å²) in [7, 11) is 1.64. The van der Waals surface area contributed by atoms with E-state index in [0.717, 1.165) is 30.6 Å². The van der Waals surface area contributed by atoms with E-state index in [4.69, 9.17) is 9.47 Å². The van der Waals surface area contributed by atoms with Crippen LogP contribution < -0.4 is 0 Å². The van der Waals surface area contributed by atoms with Crippen molar-refractivity contribution >= 4 is 5.91 Å². The first-order valence-corrected chi connectivity index (χ1v) is 8.93. The van der Waals surface area contributed by atoms with E-state index in [1.54, 1.807) is 24.1 Å². The van der Waals surface area contributed by atoms with E-state index >= 15 is 0 Å². The highest BCUT2D eigenvalue weighted by molar-refractivity contribution is 5.94. The van der Waals surface area contributed by atoms with E-state index in [0.29, 0.717) is 25.3 Å². The summed E-state index contributed by atoms with van der Waals surface area (Å²) >= 11 is 0. The maximum Gasteiger partial charge on any atom is 0.254 e. The smallest absolute Gasteiger partial charge is 0.254 e. The van der Waals surface area contributed by atoms with Gasteiger partial charge in [0.15, 0.2) is 0 Å². The molecule has 2 aromatic rings. The van der Waals surface area contributed by atoms with Crippen LogP contribution in [0.3, 0.4) is 0 Å². The number of amides is 1. The highest BCUT2D eigenvalue weighted by Crippen LogP contribution is 2.22. The molecule has 1 fully saturated rings. The Bertz CT molecular complexity index is 740. The molecule has 1 amide bonds. The van der Waals surface area contributed by atoms with Gasteiger partial charge in [-0.2, -0.15) is 0 Å². The van der Waals surface area contributed by atoms with Gasteiger partial charge in [-0.1, -0.05) is 30.3 Å². The van der Waals surface area contributed by atoms with Gasteiger partial charge in [0, 0.05) is 37.9 Å². The van der Waals surface area contributed by atoms with Crippen molar-refractivity contribution in [2.75, 3.05) is 20.3 Å². The van der Waals surface area contributed by atoms with Crippen molar-refractivity contribution < 1.29 is 19.4 Å². The highest BCUT2D eigenvalue weighted by Gasteiger charge is 2.24. The van der Waals surface area contributed by atoms with Gasteiger partial charge in [-0.15, -0.1) is 0 Å². The van der Waals surface area contributed by atoms with Crippen molar-refractivity contribution in [2.45, 2.75) is 32.1 Å². The molecule has 0 spiro atoms. The average Bonchev–Trinajstić information content (AvgIpc) is 3.16. The van der Waals surface area contributed by atoms with Crippen LogP contribution in [-0.4, -0.2) is 42.3 Å². The van der Waals surface area contributed by atoms with Gasteiger partial charge in [0.25, 0.3) is 5.91 Å². The van der Waals surface area contributed by atoms with Crippen molar-refractivity contribution in [3.05, 3.63) is 65.2 Å². The molecule has 1 aliphatic rings. The van der Waals surface area contributed by atoms with Crippen molar-refractivity contribution in [3.8, 4) is 5.75 Å². The summed E-state index contributed by atoms with van der Waals surface area (Å²) in [4.78, 5) is 14.9. The molecule has 1 heterocycles. The fourth-order valence-electron chi connectivity index (χ4n) is 3.25. The minimum atomic E-state index is -0.0679. The Balaban J connectivity index is 1.82. The van der Waals surface area contributed by atoms with Crippen LogP contribution in [0.15, 0.2) is 48.5 Å².